The molecule has 5 heteroatoms. The van der Waals surface area contributed by atoms with Gasteiger partial charge in [-0.05, 0) is 48.7 Å². The number of thiophene rings is 1. The van der Waals surface area contributed by atoms with Crippen molar-refractivity contribution in [2.75, 3.05) is 19.8 Å². The lowest BCUT2D eigenvalue weighted by Gasteiger charge is -2.26. The number of ether oxygens (including phenoxy) is 1. The lowest BCUT2D eigenvalue weighted by atomic mass is 10.2. The van der Waals surface area contributed by atoms with Gasteiger partial charge in [-0.1, -0.05) is 0 Å². The molecule has 0 bridgehead atoms. The fourth-order valence-corrected chi connectivity index (χ4v) is 3.54. The van der Waals surface area contributed by atoms with Crippen LogP contribution >= 0.6 is 11.3 Å². The summed E-state index contributed by atoms with van der Waals surface area (Å²) in [5, 5.41) is 8.79. The maximum Gasteiger partial charge on any atom is 0.261 e. The molecule has 0 spiro atoms. The quantitative estimate of drug-likeness (QED) is 0.839. The molecule has 4 rings (SSSR count). The Bertz CT molecular complexity index is 508. The molecule has 0 aromatic carbocycles. The molecule has 108 valence electrons. The molecule has 2 N–H and O–H groups in total. The molecule has 1 amide bonds. The van der Waals surface area contributed by atoms with E-state index >= 15 is 0 Å². The normalized spacial score (nSPS) is 29.0. The van der Waals surface area contributed by atoms with Crippen molar-refractivity contribution in [3.05, 3.63) is 21.9 Å². The third-order valence-electron chi connectivity index (χ3n) is 4.40. The molecule has 3 fully saturated rings. The molecule has 2 aliphatic carbocycles. The van der Waals surface area contributed by atoms with Crippen LogP contribution in [-0.4, -0.2) is 37.7 Å². The van der Waals surface area contributed by atoms with E-state index in [1.165, 1.54) is 31.4 Å². The van der Waals surface area contributed by atoms with Gasteiger partial charge in [-0.15, -0.1) is 11.3 Å². The van der Waals surface area contributed by atoms with Gasteiger partial charge in [-0.25, -0.2) is 0 Å². The van der Waals surface area contributed by atoms with Gasteiger partial charge in [0, 0.05) is 12.0 Å². The van der Waals surface area contributed by atoms with E-state index in [9.17, 15) is 4.79 Å². The molecule has 1 aliphatic heterocycles. The second-order valence-electron chi connectivity index (χ2n) is 6.25. The molecule has 20 heavy (non-hydrogen) atoms. The van der Waals surface area contributed by atoms with Crippen LogP contribution in [0, 0.1) is 5.92 Å². The highest BCUT2D eigenvalue weighted by molar-refractivity contribution is 7.12. The number of amides is 1. The average molecular weight is 292 g/mol. The number of carbonyl (C=O) groups excluding carboxylic acids is 1. The van der Waals surface area contributed by atoms with Gasteiger partial charge in [0.25, 0.3) is 5.91 Å². The lowest BCUT2D eigenvalue weighted by Crippen LogP contribution is -2.48. The molecular formula is C15H20N2O2S. The molecule has 1 aromatic heterocycles. The van der Waals surface area contributed by atoms with Crippen molar-refractivity contribution >= 4 is 17.2 Å². The Hall–Kier alpha value is -0.910. The summed E-state index contributed by atoms with van der Waals surface area (Å²) in [7, 11) is 0. The Morgan fingerprint density at radius 1 is 1.40 bits per heavy atom. The van der Waals surface area contributed by atoms with Crippen LogP contribution in [0.15, 0.2) is 11.4 Å². The highest BCUT2D eigenvalue weighted by atomic mass is 32.1. The minimum absolute atomic E-state index is 0.0534. The van der Waals surface area contributed by atoms with Crippen LogP contribution in [-0.2, 0) is 4.74 Å². The summed E-state index contributed by atoms with van der Waals surface area (Å²) in [5.74, 6) is 1.61. The highest BCUT2D eigenvalue weighted by Gasteiger charge is 2.39. The zero-order valence-electron chi connectivity index (χ0n) is 11.4. The van der Waals surface area contributed by atoms with Crippen molar-refractivity contribution in [3.63, 3.8) is 0 Å². The number of nitrogens with one attached hydrogen (secondary N) is 2. The van der Waals surface area contributed by atoms with E-state index in [1.54, 1.807) is 11.3 Å². The number of rotatable bonds is 6. The van der Waals surface area contributed by atoms with Crippen LogP contribution in [0.3, 0.4) is 0 Å². The molecular weight excluding hydrogens is 272 g/mol. The molecule has 0 radical (unpaired) electrons. The van der Waals surface area contributed by atoms with Gasteiger partial charge in [-0.2, -0.15) is 0 Å². The minimum Gasteiger partial charge on any atom is -0.377 e. The predicted molar refractivity (Wildman–Crippen MR) is 78.3 cm³/mol. The zero-order valence-corrected chi connectivity index (χ0v) is 12.2. The highest BCUT2D eigenvalue weighted by Crippen LogP contribution is 2.43. The van der Waals surface area contributed by atoms with Crippen LogP contribution in [0.4, 0.5) is 0 Å². The summed E-state index contributed by atoms with van der Waals surface area (Å²) in [5.41, 5.74) is 1.33. The van der Waals surface area contributed by atoms with E-state index < -0.39 is 0 Å². The van der Waals surface area contributed by atoms with E-state index in [0.29, 0.717) is 25.2 Å². The van der Waals surface area contributed by atoms with Crippen molar-refractivity contribution < 1.29 is 9.53 Å². The maximum absolute atomic E-state index is 12.0. The predicted octanol–water partition coefficient (Wildman–Crippen LogP) is 1.73. The van der Waals surface area contributed by atoms with E-state index in [0.717, 1.165) is 10.8 Å². The summed E-state index contributed by atoms with van der Waals surface area (Å²) >= 11 is 1.56. The Kier molecular flexibility index (Phi) is 3.28. The van der Waals surface area contributed by atoms with Crippen molar-refractivity contribution in [2.24, 2.45) is 5.92 Å². The molecule has 2 heterocycles. The largest absolute Gasteiger partial charge is 0.377 e. The van der Waals surface area contributed by atoms with Gasteiger partial charge in [0.15, 0.2) is 0 Å². The van der Waals surface area contributed by atoms with E-state index in [1.807, 2.05) is 0 Å². The van der Waals surface area contributed by atoms with Crippen LogP contribution in [0.5, 0.6) is 0 Å². The van der Waals surface area contributed by atoms with Crippen molar-refractivity contribution in [2.45, 2.75) is 37.3 Å². The van der Waals surface area contributed by atoms with Crippen molar-refractivity contribution in [1.29, 1.82) is 0 Å². The summed E-state index contributed by atoms with van der Waals surface area (Å²) in [6.45, 7) is 2.49. The van der Waals surface area contributed by atoms with Gasteiger partial charge in [0.1, 0.15) is 0 Å². The second-order valence-corrected chi connectivity index (χ2v) is 7.16. The number of hydrogen-bond donors (Lipinski definition) is 2. The Morgan fingerprint density at radius 3 is 2.95 bits per heavy atom. The van der Waals surface area contributed by atoms with E-state index in [4.69, 9.17) is 4.74 Å². The first-order valence-electron chi connectivity index (χ1n) is 7.50. The summed E-state index contributed by atoms with van der Waals surface area (Å²) in [6.07, 6.45) is 4.02. The monoisotopic (exact) mass is 292 g/mol. The lowest BCUT2D eigenvalue weighted by molar-refractivity contribution is -0.00339. The van der Waals surface area contributed by atoms with Crippen molar-refractivity contribution in [3.8, 4) is 0 Å². The third-order valence-corrected chi connectivity index (χ3v) is 5.35. The fraction of sp³-hybridized carbons (Fsp3) is 0.667. The first kappa shape index (κ1) is 12.8. The Labute approximate surface area is 122 Å². The van der Waals surface area contributed by atoms with Crippen LogP contribution in [0.1, 0.15) is 40.4 Å². The molecule has 1 aromatic rings. The van der Waals surface area contributed by atoms with E-state index in [2.05, 4.69) is 22.1 Å². The molecule has 2 unspecified atom stereocenters. The average Bonchev–Trinajstić information content (AvgIpc) is 3.30. The Balaban J connectivity index is 1.30. The molecule has 2 saturated carbocycles. The zero-order chi connectivity index (χ0) is 13.5. The molecule has 1 saturated heterocycles. The standard InChI is InChI=1S/C15H20N2O2S/c18-15(17-11-6-19-7-11)14-3-10(8-20-14)12-4-13(12)16-5-9-1-2-9/h3,8-9,11-13,16H,1-2,4-7H2,(H,17,18). The van der Waals surface area contributed by atoms with Gasteiger partial charge >= 0.3 is 0 Å². The summed E-state index contributed by atoms with van der Waals surface area (Å²) < 4.78 is 5.07. The second kappa shape index (κ2) is 5.13. The maximum atomic E-state index is 12.0. The minimum atomic E-state index is 0.0534. The van der Waals surface area contributed by atoms with Gasteiger partial charge in [-0.3, -0.25) is 4.79 Å². The smallest absolute Gasteiger partial charge is 0.261 e. The van der Waals surface area contributed by atoms with Crippen LogP contribution in [0.2, 0.25) is 0 Å². The fourth-order valence-electron chi connectivity index (χ4n) is 2.67. The van der Waals surface area contributed by atoms with Gasteiger partial charge in [0.2, 0.25) is 0 Å². The topological polar surface area (TPSA) is 50.4 Å². The summed E-state index contributed by atoms with van der Waals surface area (Å²) in [6, 6.07) is 2.92. The van der Waals surface area contributed by atoms with Crippen LogP contribution in [0.25, 0.3) is 0 Å². The molecule has 2 atom stereocenters. The Morgan fingerprint density at radius 2 is 2.25 bits per heavy atom. The summed E-state index contributed by atoms with van der Waals surface area (Å²) in [4.78, 5) is 12.9. The number of carbonyl (C=O) groups is 1. The van der Waals surface area contributed by atoms with Crippen LogP contribution < -0.4 is 10.6 Å². The first-order valence-corrected chi connectivity index (χ1v) is 8.38. The van der Waals surface area contributed by atoms with Gasteiger partial charge < -0.3 is 15.4 Å². The molecule has 3 aliphatic rings. The van der Waals surface area contributed by atoms with E-state index in [-0.39, 0.29) is 11.9 Å². The van der Waals surface area contributed by atoms with Gasteiger partial charge in [0.05, 0.1) is 24.1 Å². The SMILES string of the molecule is O=C(NC1COC1)c1cc(C2CC2NCC2CC2)cs1. The van der Waals surface area contributed by atoms with Crippen molar-refractivity contribution in [1.82, 2.24) is 10.6 Å². The first-order chi connectivity index (χ1) is 9.79. The molecule has 4 nitrogen and oxygen atoms in total. The third kappa shape index (κ3) is 2.75. The number of hydrogen-bond acceptors (Lipinski definition) is 4.